The molecule has 1 N–H and O–H groups in total. The molecule has 3 atom stereocenters. The molecular formula is C26H27F3N4O3. The molecule has 1 unspecified atom stereocenters. The van der Waals surface area contributed by atoms with Gasteiger partial charge in [0.05, 0.1) is 23.9 Å². The van der Waals surface area contributed by atoms with Crippen LogP contribution in [-0.4, -0.2) is 46.8 Å². The second-order valence-electron chi connectivity index (χ2n) is 8.90. The first-order valence-corrected chi connectivity index (χ1v) is 11.9. The quantitative estimate of drug-likeness (QED) is 0.533. The normalized spacial score (nSPS) is 19.9. The van der Waals surface area contributed by atoms with E-state index in [1.165, 1.54) is 30.3 Å². The molecule has 36 heavy (non-hydrogen) atoms. The van der Waals surface area contributed by atoms with Crippen molar-refractivity contribution in [2.45, 2.75) is 51.0 Å². The highest BCUT2D eigenvalue weighted by Crippen LogP contribution is 2.36. The molecule has 2 aromatic heterocycles. The monoisotopic (exact) mass is 500 g/mol. The molecule has 0 spiro atoms. The SMILES string of the molecule is CCC(c1ccc(C(F)(F)F)cc1)N1C[C@@H](CO)N(c2cc(=O)oc3ccc(C#N)nc23)C[C@H]1CC. The van der Waals surface area contributed by atoms with E-state index >= 15 is 0 Å². The molecule has 0 saturated carbocycles. The number of rotatable bonds is 6. The van der Waals surface area contributed by atoms with Crippen LogP contribution in [0.25, 0.3) is 11.1 Å². The van der Waals surface area contributed by atoms with Crippen molar-refractivity contribution in [3.63, 3.8) is 0 Å². The molecule has 1 fully saturated rings. The Balaban J connectivity index is 1.70. The van der Waals surface area contributed by atoms with E-state index in [-0.39, 0.29) is 30.0 Å². The number of piperazine rings is 1. The number of halogens is 3. The Kier molecular flexibility index (Phi) is 7.33. The zero-order valence-corrected chi connectivity index (χ0v) is 20.0. The lowest BCUT2D eigenvalue weighted by atomic mass is 9.95. The number of alkyl halides is 3. The molecule has 1 aliphatic heterocycles. The number of anilines is 1. The summed E-state index contributed by atoms with van der Waals surface area (Å²) in [5.41, 5.74) is 0.804. The molecule has 4 rings (SSSR count). The van der Waals surface area contributed by atoms with Crippen molar-refractivity contribution < 1.29 is 22.7 Å². The summed E-state index contributed by atoms with van der Waals surface area (Å²) in [5, 5.41) is 19.6. The molecular weight excluding hydrogens is 473 g/mol. The Morgan fingerprint density at radius 3 is 2.47 bits per heavy atom. The van der Waals surface area contributed by atoms with Gasteiger partial charge in [-0.15, -0.1) is 0 Å². The van der Waals surface area contributed by atoms with Gasteiger partial charge in [0.2, 0.25) is 0 Å². The number of pyridine rings is 1. The topological polar surface area (TPSA) is 93.6 Å². The molecule has 1 aromatic carbocycles. The van der Waals surface area contributed by atoms with E-state index in [0.29, 0.717) is 30.7 Å². The van der Waals surface area contributed by atoms with Crippen LogP contribution >= 0.6 is 0 Å². The fourth-order valence-corrected chi connectivity index (χ4v) is 5.04. The van der Waals surface area contributed by atoms with Crippen LogP contribution in [0.4, 0.5) is 18.9 Å². The molecule has 0 radical (unpaired) electrons. The van der Waals surface area contributed by atoms with E-state index in [1.54, 1.807) is 0 Å². The van der Waals surface area contributed by atoms with Crippen molar-refractivity contribution in [3.05, 3.63) is 69.7 Å². The van der Waals surface area contributed by atoms with E-state index in [9.17, 15) is 28.3 Å². The number of aliphatic hydroxyl groups is 1. The number of nitriles is 1. The summed E-state index contributed by atoms with van der Waals surface area (Å²) in [6.07, 6.45) is -2.99. The predicted octanol–water partition coefficient (Wildman–Crippen LogP) is 4.49. The number of benzene rings is 1. The van der Waals surface area contributed by atoms with Crippen LogP contribution in [0.3, 0.4) is 0 Å². The van der Waals surface area contributed by atoms with E-state index in [4.69, 9.17) is 4.42 Å². The molecule has 190 valence electrons. The van der Waals surface area contributed by atoms with Gasteiger partial charge in [-0.1, -0.05) is 26.0 Å². The maximum atomic E-state index is 13.1. The van der Waals surface area contributed by atoms with Gasteiger partial charge in [0, 0.05) is 31.2 Å². The Bertz CT molecular complexity index is 1320. The molecule has 10 heteroatoms. The molecule has 1 aliphatic rings. The van der Waals surface area contributed by atoms with Crippen LogP contribution in [0.1, 0.15) is 49.6 Å². The summed E-state index contributed by atoms with van der Waals surface area (Å²) in [7, 11) is 0. The first-order valence-electron chi connectivity index (χ1n) is 11.9. The minimum Gasteiger partial charge on any atom is -0.421 e. The third kappa shape index (κ3) is 4.94. The highest BCUT2D eigenvalue weighted by Gasteiger charge is 2.38. The first kappa shape index (κ1) is 25.7. The Morgan fingerprint density at radius 1 is 1.17 bits per heavy atom. The van der Waals surface area contributed by atoms with Crippen molar-refractivity contribution in [3.8, 4) is 6.07 Å². The molecule has 0 amide bonds. The molecule has 3 aromatic rings. The number of nitrogens with zero attached hydrogens (tertiary/aromatic N) is 4. The number of aliphatic hydroxyl groups excluding tert-OH is 1. The summed E-state index contributed by atoms with van der Waals surface area (Å²) in [6, 6.07) is 11.0. The molecule has 0 aliphatic carbocycles. The molecule has 3 heterocycles. The van der Waals surface area contributed by atoms with Crippen LogP contribution in [-0.2, 0) is 6.18 Å². The Hall–Kier alpha value is -3.42. The maximum absolute atomic E-state index is 13.1. The highest BCUT2D eigenvalue weighted by atomic mass is 19.4. The molecule has 7 nitrogen and oxygen atoms in total. The van der Waals surface area contributed by atoms with E-state index < -0.39 is 23.4 Å². The third-order valence-corrected chi connectivity index (χ3v) is 6.82. The second-order valence-corrected chi connectivity index (χ2v) is 8.90. The van der Waals surface area contributed by atoms with Gasteiger partial charge in [0.25, 0.3) is 0 Å². The maximum Gasteiger partial charge on any atom is 0.416 e. The standard InChI is InChI=1S/C26H27F3N4O3/c1-3-19-13-33(22-11-24(35)36-23-10-9-18(12-30)31-25(22)23)20(15-34)14-32(19)21(4-2)16-5-7-17(8-6-16)26(27,28)29/h5-11,19-21,34H,3-4,13-15H2,1-2H3/t19-,20+,21?/m1/s1. The minimum absolute atomic E-state index is 0.0125. The van der Waals surface area contributed by atoms with Gasteiger partial charge in [-0.3, -0.25) is 4.90 Å². The predicted molar refractivity (Wildman–Crippen MR) is 128 cm³/mol. The zero-order valence-electron chi connectivity index (χ0n) is 20.0. The van der Waals surface area contributed by atoms with Crippen LogP contribution in [0, 0.1) is 11.3 Å². The van der Waals surface area contributed by atoms with Crippen LogP contribution in [0.15, 0.2) is 51.7 Å². The number of hydrogen-bond donors (Lipinski definition) is 1. The largest absolute Gasteiger partial charge is 0.421 e. The number of hydrogen-bond acceptors (Lipinski definition) is 7. The van der Waals surface area contributed by atoms with Crippen molar-refractivity contribution in [2.24, 2.45) is 0 Å². The van der Waals surface area contributed by atoms with E-state index in [2.05, 4.69) is 9.88 Å². The second kappa shape index (κ2) is 10.3. The van der Waals surface area contributed by atoms with Gasteiger partial charge in [0.1, 0.15) is 17.3 Å². The number of fused-ring (bicyclic) bond motifs is 1. The summed E-state index contributed by atoms with van der Waals surface area (Å²) < 4.78 is 44.5. The average Bonchev–Trinajstić information content (AvgIpc) is 2.87. The smallest absolute Gasteiger partial charge is 0.416 e. The van der Waals surface area contributed by atoms with Crippen LogP contribution in [0.2, 0.25) is 0 Å². The lowest BCUT2D eigenvalue weighted by molar-refractivity contribution is -0.137. The highest BCUT2D eigenvalue weighted by molar-refractivity contribution is 5.87. The third-order valence-electron chi connectivity index (χ3n) is 6.82. The van der Waals surface area contributed by atoms with Crippen molar-refractivity contribution >= 4 is 16.8 Å². The average molecular weight is 501 g/mol. The van der Waals surface area contributed by atoms with Gasteiger partial charge in [-0.25, -0.2) is 9.78 Å². The van der Waals surface area contributed by atoms with Crippen LogP contribution < -0.4 is 10.5 Å². The summed E-state index contributed by atoms with van der Waals surface area (Å²) >= 11 is 0. The van der Waals surface area contributed by atoms with Crippen molar-refractivity contribution in [1.29, 1.82) is 5.26 Å². The molecule has 1 saturated heterocycles. The Morgan fingerprint density at radius 2 is 1.89 bits per heavy atom. The van der Waals surface area contributed by atoms with Gasteiger partial charge >= 0.3 is 11.8 Å². The van der Waals surface area contributed by atoms with Gasteiger partial charge in [0.15, 0.2) is 5.58 Å². The van der Waals surface area contributed by atoms with Gasteiger partial charge < -0.3 is 14.4 Å². The zero-order chi connectivity index (χ0) is 26.0. The lowest BCUT2D eigenvalue weighted by Gasteiger charge is -2.49. The summed E-state index contributed by atoms with van der Waals surface area (Å²) in [4.78, 5) is 20.8. The fraction of sp³-hybridized carbons (Fsp3) is 0.423. The van der Waals surface area contributed by atoms with E-state index in [1.807, 2.05) is 24.8 Å². The van der Waals surface area contributed by atoms with Crippen molar-refractivity contribution in [1.82, 2.24) is 9.88 Å². The first-order chi connectivity index (χ1) is 17.2. The van der Waals surface area contributed by atoms with Gasteiger partial charge in [-0.2, -0.15) is 18.4 Å². The van der Waals surface area contributed by atoms with Crippen molar-refractivity contribution in [2.75, 3.05) is 24.6 Å². The molecule has 0 bridgehead atoms. The summed E-state index contributed by atoms with van der Waals surface area (Å²) in [6.45, 7) is 4.68. The van der Waals surface area contributed by atoms with Crippen LogP contribution in [0.5, 0.6) is 0 Å². The minimum atomic E-state index is -4.40. The lowest BCUT2D eigenvalue weighted by Crippen LogP contribution is -2.60. The fourth-order valence-electron chi connectivity index (χ4n) is 5.04. The number of aromatic nitrogens is 1. The summed E-state index contributed by atoms with van der Waals surface area (Å²) in [5.74, 6) is 0. The van der Waals surface area contributed by atoms with Gasteiger partial charge in [-0.05, 0) is 42.7 Å². The van der Waals surface area contributed by atoms with E-state index in [0.717, 1.165) is 24.1 Å². The Labute approximate surface area is 206 Å².